The van der Waals surface area contributed by atoms with E-state index in [-0.39, 0.29) is 0 Å². The van der Waals surface area contributed by atoms with Gasteiger partial charge in [-0.25, -0.2) is 17.5 Å². The molecule has 0 aliphatic heterocycles. The first-order valence-corrected chi connectivity index (χ1v) is 7.85. The van der Waals surface area contributed by atoms with Crippen LogP contribution in [0.15, 0.2) is 23.1 Å². The number of benzene rings is 1. The third-order valence-electron chi connectivity index (χ3n) is 3.97. The van der Waals surface area contributed by atoms with Crippen molar-refractivity contribution in [3.63, 3.8) is 0 Å². The molecule has 0 bridgehead atoms. The average Bonchev–Trinajstić information content (AvgIpc) is 2.89. The van der Waals surface area contributed by atoms with Gasteiger partial charge in [-0.15, -0.1) is 0 Å². The molecule has 1 aliphatic carbocycles. The Morgan fingerprint density at radius 3 is 2.40 bits per heavy atom. The summed E-state index contributed by atoms with van der Waals surface area (Å²) in [4.78, 5) is 11.3. The number of amides is 1. The second kappa shape index (κ2) is 5.14. The molecule has 0 unspecified atom stereocenters. The SMILES string of the molecule is CNS(=O)(=O)c1ccc(C2(C(N)=O)CCCC2)cc1F. The molecular weight excluding hydrogens is 283 g/mol. The zero-order chi connectivity index (χ0) is 15.0. The number of nitrogens with one attached hydrogen (secondary N) is 1. The Morgan fingerprint density at radius 2 is 1.95 bits per heavy atom. The lowest BCUT2D eigenvalue weighted by Gasteiger charge is -2.26. The van der Waals surface area contributed by atoms with Crippen molar-refractivity contribution >= 4 is 15.9 Å². The summed E-state index contributed by atoms with van der Waals surface area (Å²) in [6.45, 7) is 0. The Bertz CT molecular complexity index is 637. The van der Waals surface area contributed by atoms with Gasteiger partial charge in [0.15, 0.2) is 0 Å². The van der Waals surface area contributed by atoms with Crippen molar-refractivity contribution in [1.82, 2.24) is 4.72 Å². The van der Waals surface area contributed by atoms with E-state index in [0.717, 1.165) is 18.9 Å². The summed E-state index contributed by atoms with van der Waals surface area (Å²) in [5.41, 5.74) is 5.05. The van der Waals surface area contributed by atoms with Gasteiger partial charge in [-0.05, 0) is 37.6 Å². The zero-order valence-electron chi connectivity index (χ0n) is 11.1. The lowest BCUT2D eigenvalue weighted by atomic mass is 9.78. The van der Waals surface area contributed by atoms with Gasteiger partial charge in [0.05, 0.1) is 5.41 Å². The average molecular weight is 300 g/mol. The molecule has 0 radical (unpaired) electrons. The van der Waals surface area contributed by atoms with Gasteiger partial charge in [-0.1, -0.05) is 18.9 Å². The van der Waals surface area contributed by atoms with Crippen LogP contribution >= 0.6 is 0 Å². The van der Waals surface area contributed by atoms with Crippen molar-refractivity contribution in [2.75, 3.05) is 7.05 Å². The first kappa shape index (κ1) is 14.9. The summed E-state index contributed by atoms with van der Waals surface area (Å²) in [7, 11) is -2.64. The Hall–Kier alpha value is -1.47. The fourth-order valence-corrected chi connectivity index (χ4v) is 3.57. The molecule has 0 heterocycles. The van der Waals surface area contributed by atoms with Crippen molar-refractivity contribution in [3.05, 3.63) is 29.6 Å². The number of hydrogen-bond donors (Lipinski definition) is 2. The molecule has 3 N–H and O–H groups in total. The Labute approximate surface area is 117 Å². The first-order chi connectivity index (χ1) is 9.33. The number of carbonyl (C=O) groups is 1. The summed E-state index contributed by atoms with van der Waals surface area (Å²) in [5.74, 6) is -1.36. The zero-order valence-corrected chi connectivity index (χ0v) is 12.0. The van der Waals surface area contributed by atoms with E-state index >= 15 is 0 Å². The van der Waals surface area contributed by atoms with Gasteiger partial charge in [0.25, 0.3) is 0 Å². The first-order valence-electron chi connectivity index (χ1n) is 6.37. The minimum atomic E-state index is -3.85. The van der Waals surface area contributed by atoms with E-state index in [9.17, 15) is 17.6 Å². The second-order valence-corrected chi connectivity index (χ2v) is 6.86. The molecule has 5 nitrogen and oxygen atoms in total. The summed E-state index contributed by atoms with van der Waals surface area (Å²) in [5, 5.41) is 0. The predicted molar refractivity (Wildman–Crippen MR) is 72.0 cm³/mol. The van der Waals surface area contributed by atoms with Crippen molar-refractivity contribution in [1.29, 1.82) is 0 Å². The maximum atomic E-state index is 14.0. The molecule has 7 heteroatoms. The molecule has 0 atom stereocenters. The summed E-state index contributed by atoms with van der Waals surface area (Å²) < 4.78 is 39.4. The van der Waals surface area contributed by atoms with E-state index in [1.54, 1.807) is 0 Å². The number of nitrogens with two attached hydrogens (primary N) is 1. The van der Waals surface area contributed by atoms with Crippen LogP contribution in [0.2, 0.25) is 0 Å². The van der Waals surface area contributed by atoms with Crippen LogP contribution < -0.4 is 10.5 Å². The molecule has 1 saturated carbocycles. The van der Waals surface area contributed by atoms with Crippen molar-refractivity contribution in [3.8, 4) is 0 Å². The highest BCUT2D eigenvalue weighted by Gasteiger charge is 2.41. The molecule has 1 aromatic rings. The molecule has 0 spiro atoms. The van der Waals surface area contributed by atoms with Crippen molar-refractivity contribution < 1.29 is 17.6 Å². The minimum absolute atomic E-state index is 0.429. The van der Waals surface area contributed by atoms with Crippen molar-refractivity contribution in [2.24, 2.45) is 5.73 Å². The van der Waals surface area contributed by atoms with Crippen LogP contribution in [0.25, 0.3) is 0 Å². The topological polar surface area (TPSA) is 89.3 Å². The van der Waals surface area contributed by atoms with Gasteiger partial charge < -0.3 is 5.73 Å². The minimum Gasteiger partial charge on any atom is -0.369 e. The van der Waals surface area contributed by atoms with Gasteiger partial charge >= 0.3 is 0 Å². The fraction of sp³-hybridized carbons (Fsp3) is 0.462. The maximum absolute atomic E-state index is 14.0. The van der Waals surface area contributed by atoms with Gasteiger partial charge in [-0.2, -0.15) is 0 Å². The molecule has 0 saturated heterocycles. The van der Waals surface area contributed by atoms with Crippen LogP contribution in [0.3, 0.4) is 0 Å². The Morgan fingerprint density at radius 1 is 1.35 bits per heavy atom. The van der Waals surface area contributed by atoms with E-state index in [1.807, 2.05) is 0 Å². The van der Waals surface area contributed by atoms with Crippen LogP contribution in [0.1, 0.15) is 31.2 Å². The number of carbonyl (C=O) groups excluding carboxylic acids is 1. The van der Waals surface area contributed by atoms with E-state index in [0.29, 0.717) is 18.4 Å². The number of sulfonamides is 1. The van der Waals surface area contributed by atoms with Crippen LogP contribution in [0.4, 0.5) is 4.39 Å². The van der Waals surface area contributed by atoms with Gasteiger partial charge in [0.2, 0.25) is 15.9 Å². The number of rotatable bonds is 4. The van der Waals surface area contributed by atoms with Crippen LogP contribution in [0.5, 0.6) is 0 Å². The van der Waals surface area contributed by atoms with E-state index in [4.69, 9.17) is 5.73 Å². The Balaban J connectivity index is 2.51. The number of halogens is 1. The van der Waals surface area contributed by atoms with Crippen LogP contribution in [-0.2, 0) is 20.2 Å². The number of hydrogen-bond acceptors (Lipinski definition) is 3. The van der Waals surface area contributed by atoms with Crippen molar-refractivity contribution in [2.45, 2.75) is 36.0 Å². The van der Waals surface area contributed by atoms with E-state index in [2.05, 4.69) is 4.72 Å². The second-order valence-electron chi connectivity index (χ2n) is 5.01. The highest BCUT2D eigenvalue weighted by molar-refractivity contribution is 7.89. The highest BCUT2D eigenvalue weighted by atomic mass is 32.2. The highest BCUT2D eigenvalue weighted by Crippen LogP contribution is 2.41. The third-order valence-corrected chi connectivity index (χ3v) is 5.42. The lowest BCUT2D eigenvalue weighted by Crippen LogP contribution is -2.38. The molecular formula is C13H17FN2O3S. The quantitative estimate of drug-likeness (QED) is 0.870. The number of primary amides is 1. The lowest BCUT2D eigenvalue weighted by molar-refractivity contribution is -0.123. The summed E-state index contributed by atoms with van der Waals surface area (Å²) in [6, 6.07) is 3.77. The molecule has 1 amide bonds. The molecule has 110 valence electrons. The molecule has 0 aromatic heterocycles. The molecule has 20 heavy (non-hydrogen) atoms. The van der Waals surface area contributed by atoms with Crippen LogP contribution in [0, 0.1) is 5.82 Å². The predicted octanol–water partition coefficient (Wildman–Crippen LogP) is 1.03. The molecule has 2 rings (SSSR count). The Kier molecular flexibility index (Phi) is 3.84. The van der Waals surface area contributed by atoms with E-state index < -0.39 is 32.1 Å². The third kappa shape index (κ3) is 2.31. The smallest absolute Gasteiger partial charge is 0.243 e. The van der Waals surface area contributed by atoms with Gasteiger partial charge in [-0.3, -0.25) is 4.79 Å². The van der Waals surface area contributed by atoms with Gasteiger partial charge in [0.1, 0.15) is 10.7 Å². The van der Waals surface area contributed by atoms with Crippen LogP contribution in [-0.4, -0.2) is 21.4 Å². The maximum Gasteiger partial charge on any atom is 0.243 e. The normalized spacial score (nSPS) is 18.1. The summed E-state index contributed by atoms with van der Waals surface area (Å²) in [6.07, 6.45) is 2.84. The molecule has 1 aliphatic rings. The largest absolute Gasteiger partial charge is 0.369 e. The molecule has 1 fully saturated rings. The summed E-state index contributed by atoms with van der Waals surface area (Å²) >= 11 is 0. The monoisotopic (exact) mass is 300 g/mol. The standard InChI is InChI=1S/C13H17FN2O3S/c1-16-20(18,19)11-5-4-9(8-10(11)14)13(12(15)17)6-2-3-7-13/h4-5,8,16H,2-3,6-7H2,1H3,(H2,15,17). The molecule has 1 aromatic carbocycles. The van der Waals surface area contributed by atoms with E-state index in [1.165, 1.54) is 19.2 Å². The van der Waals surface area contributed by atoms with Gasteiger partial charge in [0, 0.05) is 0 Å². The fourth-order valence-electron chi connectivity index (χ4n) is 2.78.